The third-order valence-electron chi connectivity index (χ3n) is 7.73. The van der Waals surface area contributed by atoms with Gasteiger partial charge in [-0.3, -0.25) is 9.59 Å². The van der Waals surface area contributed by atoms with E-state index in [-0.39, 0.29) is 36.1 Å². The van der Waals surface area contributed by atoms with Crippen LogP contribution in [0, 0.1) is 18.7 Å². The maximum absolute atomic E-state index is 13.7. The summed E-state index contributed by atoms with van der Waals surface area (Å²) in [5.74, 6) is 0.324. The zero-order valence-electron chi connectivity index (χ0n) is 22.1. The van der Waals surface area contributed by atoms with Crippen LogP contribution in [-0.4, -0.2) is 29.4 Å². The molecule has 0 aromatic heterocycles. The number of nitrogens with zero attached hydrogens (tertiary/aromatic N) is 1. The van der Waals surface area contributed by atoms with Gasteiger partial charge in [-0.15, -0.1) is 0 Å². The summed E-state index contributed by atoms with van der Waals surface area (Å²) in [6.07, 6.45) is 4.22. The highest BCUT2D eigenvalue weighted by Gasteiger charge is 2.36. The summed E-state index contributed by atoms with van der Waals surface area (Å²) in [7, 11) is 0. The Hall–Kier alpha value is -3.67. The van der Waals surface area contributed by atoms with Crippen molar-refractivity contribution >= 4 is 11.8 Å². The SMILES string of the molecule is Cc1cccc(C2c3cc(OC(C)C(=O)NCc4cccc(F)c4)ccc3CCN2C(=O)C2CCCC2)c1. The molecule has 1 aliphatic heterocycles. The van der Waals surface area contributed by atoms with Gasteiger partial charge in [-0.2, -0.15) is 0 Å². The zero-order valence-corrected chi connectivity index (χ0v) is 22.1. The monoisotopic (exact) mass is 514 g/mol. The van der Waals surface area contributed by atoms with Crippen molar-refractivity contribution in [2.75, 3.05) is 6.54 Å². The molecule has 198 valence electrons. The van der Waals surface area contributed by atoms with E-state index in [1.54, 1.807) is 19.1 Å². The molecule has 2 aliphatic rings. The molecule has 2 unspecified atom stereocenters. The second kappa shape index (κ2) is 11.4. The van der Waals surface area contributed by atoms with Crippen LogP contribution < -0.4 is 10.1 Å². The first-order valence-corrected chi connectivity index (χ1v) is 13.6. The Morgan fingerprint density at radius 1 is 1.05 bits per heavy atom. The highest BCUT2D eigenvalue weighted by molar-refractivity contribution is 5.81. The normalized spacial score (nSPS) is 18.1. The van der Waals surface area contributed by atoms with E-state index in [0.29, 0.717) is 17.9 Å². The van der Waals surface area contributed by atoms with Gasteiger partial charge in [-0.25, -0.2) is 4.39 Å². The first-order chi connectivity index (χ1) is 18.4. The van der Waals surface area contributed by atoms with Gasteiger partial charge in [0.25, 0.3) is 5.91 Å². The third kappa shape index (κ3) is 5.74. The molecule has 5 nitrogen and oxygen atoms in total. The van der Waals surface area contributed by atoms with Gasteiger partial charge in [0.2, 0.25) is 5.91 Å². The van der Waals surface area contributed by atoms with Crippen LogP contribution in [0.2, 0.25) is 0 Å². The van der Waals surface area contributed by atoms with Gasteiger partial charge >= 0.3 is 0 Å². The van der Waals surface area contributed by atoms with Crippen LogP contribution in [0.3, 0.4) is 0 Å². The molecule has 0 bridgehead atoms. The molecule has 3 aromatic carbocycles. The molecule has 0 spiro atoms. The Balaban J connectivity index is 1.37. The predicted octanol–water partition coefficient (Wildman–Crippen LogP) is 5.88. The molecule has 1 aliphatic carbocycles. The van der Waals surface area contributed by atoms with Gasteiger partial charge in [0.1, 0.15) is 11.6 Å². The average molecular weight is 515 g/mol. The minimum Gasteiger partial charge on any atom is -0.481 e. The van der Waals surface area contributed by atoms with E-state index in [0.717, 1.165) is 48.8 Å². The van der Waals surface area contributed by atoms with Crippen molar-refractivity contribution in [1.29, 1.82) is 0 Å². The predicted molar refractivity (Wildman–Crippen MR) is 145 cm³/mol. The van der Waals surface area contributed by atoms with E-state index in [1.165, 1.54) is 17.7 Å². The molecule has 1 N–H and O–H groups in total. The summed E-state index contributed by atoms with van der Waals surface area (Å²) in [5.41, 5.74) is 5.18. The molecule has 1 saturated carbocycles. The maximum atomic E-state index is 13.7. The Kier molecular flexibility index (Phi) is 7.77. The van der Waals surface area contributed by atoms with Crippen LogP contribution in [-0.2, 0) is 22.6 Å². The molecule has 3 aromatic rings. The van der Waals surface area contributed by atoms with Crippen LogP contribution in [0.25, 0.3) is 0 Å². The molecule has 5 rings (SSSR count). The fourth-order valence-corrected chi connectivity index (χ4v) is 5.75. The summed E-state index contributed by atoms with van der Waals surface area (Å²) in [6, 6.07) is 20.3. The van der Waals surface area contributed by atoms with Gasteiger partial charge in [0, 0.05) is 19.0 Å². The van der Waals surface area contributed by atoms with Crippen molar-refractivity contribution in [2.45, 2.75) is 64.6 Å². The molecule has 2 amide bonds. The van der Waals surface area contributed by atoms with Crippen LogP contribution in [0.15, 0.2) is 66.7 Å². The van der Waals surface area contributed by atoms with Crippen molar-refractivity contribution in [3.8, 4) is 5.75 Å². The second-order valence-electron chi connectivity index (χ2n) is 10.5. The Morgan fingerprint density at radius 2 is 1.84 bits per heavy atom. The molecule has 1 fully saturated rings. The number of nitrogens with one attached hydrogen (secondary N) is 1. The number of hydrogen-bond donors (Lipinski definition) is 1. The molecule has 0 radical (unpaired) electrons. The average Bonchev–Trinajstić information content (AvgIpc) is 3.46. The largest absolute Gasteiger partial charge is 0.481 e. The Morgan fingerprint density at radius 3 is 2.61 bits per heavy atom. The lowest BCUT2D eigenvalue weighted by Gasteiger charge is -2.39. The minimum absolute atomic E-state index is 0.102. The summed E-state index contributed by atoms with van der Waals surface area (Å²) < 4.78 is 19.5. The van der Waals surface area contributed by atoms with E-state index in [1.807, 2.05) is 18.2 Å². The fraction of sp³-hybridized carbons (Fsp3) is 0.375. The van der Waals surface area contributed by atoms with Crippen molar-refractivity contribution in [2.24, 2.45) is 5.92 Å². The van der Waals surface area contributed by atoms with Crippen LogP contribution >= 0.6 is 0 Å². The number of aryl methyl sites for hydroxylation is 1. The van der Waals surface area contributed by atoms with Crippen molar-refractivity contribution < 1.29 is 18.7 Å². The van der Waals surface area contributed by atoms with Crippen LogP contribution in [0.4, 0.5) is 4.39 Å². The standard InChI is InChI=1S/C32H35FN2O3/c1-21-7-5-11-26(17-21)30-29-19-28(38-22(2)31(36)34-20-23-8-6-12-27(33)18-23)14-13-24(29)15-16-35(30)32(37)25-9-3-4-10-25/h5-8,11-14,17-19,22,25,30H,3-4,9-10,15-16,20H2,1-2H3,(H,34,36). The van der Waals surface area contributed by atoms with E-state index in [2.05, 4.69) is 41.4 Å². The van der Waals surface area contributed by atoms with E-state index >= 15 is 0 Å². The molecule has 0 saturated heterocycles. The number of ether oxygens (including phenoxy) is 1. The number of carbonyl (C=O) groups excluding carboxylic acids is 2. The number of benzene rings is 3. The summed E-state index contributed by atoms with van der Waals surface area (Å²) in [6.45, 7) is 4.69. The lowest BCUT2D eigenvalue weighted by atomic mass is 9.86. The molecule has 6 heteroatoms. The minimum atomic E-state index is -0.737. The van der Waals surface area contributed by atoms with Crippen molar-refractivity contribution in [1.82, 2.24) is 10.2 Å². The fourth-order valence-electron chi connectivity index (χ4n) is 5.75. The number of halogens is 1. The molecule has 38 heavy (non-hydrogen) atoms. The first-order valence-electron chi connectivity index (χ1n) is 13.6. The number of amides is 2. The van der Waals surface area contributed by atoms with Crippen LogP contribution in [0.1, 0.15) is 66.5 Å². The van der Waals surface area contributed by atoms with Crippen LogP contribution in [0.5, 0.6) is 5.75 Å². The lowest BCUT2D eigenvalue weighted by Crippen LogP contribution is -2.43. The number of hydrogen-bond acceptors (Lipinski definition) is 3. The summed E-state index contributed by atoms with van der Waals surface area (Å²) >= 11 is 0. The highest BCUT2D eigenvalue weighted by Crippen LogP contribution is 2.40. The molecular formula is C32H35FN2O3. The van der Waals surface area contributed by atoms with Gasteiger partial charge < -0.3 is 15.0 Å². The molecule has 2 atom stereocenters. The quantitative estimate of drug-likeness (QED) is 0.428. The van der Waals surface area contributed by atoms with E-state index in [4.69, 9.17) is 4.74 Å². The summed E-state index contributed by atoms with van der Waals surface area (Å²) in [4.78, 5) is 28.4. The molecular weight excluding hydrogens is 479 g/mol. The number of carbonyl (C=O) groups is 2. The number of fused-ring (bicyclic) bond motifs is 1. The number of rotatable bonds is 7. The molecule has 1 heterocycles. The Bertz CT molecular complexity index is 1320. The van der Waals surface area contributed by atoms with Crippen molar-refractivity contribution in [3.63, 3.8) is 0 Å². The highest BCUT2D eigenvalue weighted by atomic mass is 19.1. The third-order valence-corrected chi connectivity index (χ3v) is 7.73. The summed E-state index contributed by atoms with van der Waals surface area (Å²) in [5, 5.41) is 2.82. The van der Waals surface area contributed by atoms with E-state index < -0.39 is 6.10 Å². The van der Waals surface area contributed by atoms with Gasteiger partial charge in [-0.1, -0.05) is 60.9 Å². The van der Waals surface area contributed by atoms with Gasteiger partial charge in [0.05, 0.1) is 6.04 Å². The van der Waals surface area contributed by atoms with Gasteiger partial charge in [0.15, 0.2) is 6.10 Å². The maximum Gasteiger partial charge on any atom is 0.261 e. The van der Waals surface area contributed by atoms with E-state index in [9.17, 15) is 14.0 Å². The second-order valence-corrected chi connectivity index (χ2v) is 10.5. The van der Waals surface area contributed by atoms with Crippen molar-refractivity contribution in [3.05, 3.63) is 100 Å². The first kappa shape index (κ1) is 26.0. The van der Waals surface area contributed by atoms with Gasteiger partial charge in [-0.05, 0) is 79.6 Å². The lowest BCUT2D eigenvalue weighted by molar-refractivity contribution is -0.137. The Labute approximate surface area is 224 Å². The topological polar surface area (TPSA) is 58.6 Å². The smallest absolute Gasteiger partial charge is 0.261 e. The zero-order chi connectivity index (χ0) is 26.6.